The van der Waals surface area contributed by atoms with Crippen LogP contribution in [0.1, 0.15) is 177 Å². The van der Waals surface area contributed by atoms with Gasteiger partial charge in [0.2, 0.25) is 0 Å². The van der Waals surface area contributed by atoms with Crippen molar-refractivity contribution in [3.8, 4) is 0 Å². The van der Waals surface area contributed by atoms with Gasteiger partial charge in [0.1, 0.15) is 0 Å². The molecule has 6 nitrogen and oxygen atoms in total. The van der Waals surface area contributed by atoms with Crippen LogP contribution >= 0.6 is 0 Å². The van der Waals surface area contributed by atoms with E-state index in [1.807, 2.05) is 0 Å². The van der Waals surface area contributed by atoms with Gasteiger partial charge in [-0.15, -0.1) is 0 Å². The van der Waals surface area contributed by atoms with Crippen molar-refractivity contribution in [1.82, 2.24) is 0 Å². The summed E-state index contributed by atoms with van der Waals surface area (Å²) in [6.45, 7) is 9.34. The van der Waals surface area contributed by atoms with Gasteiger partial charge in [-0.1, -0.05) is 114 Å². The molecule has 0 saturated heterocycles. The average molecular weight is 719 g/mol. The van der Waals surface area contributed by atoms with E-state index in [4.69, 9.17) is 18.9 Å². The Bertz CT molecular complexity index is 1160. The molecule has 4 rings (SSSR count). The van der Waals surface area contributed by atoms with Gasteiger partial charge in [0.25, 0.3) is 0 Å². The number of carbonyl (C=O) groups excluding carboxylic acids is 2. The van der Waals surface area contributed by atoms with Crippen molar-refractivity contribution in [2.75, 3.05) is 13.2 Å². The Morgan fingerprint density at radius 3 is 1.23 bits per heavy atom. The van der Waals surface area contributed by atoms with E-state index < -0.39 is 12.2 Å². The van der Waals surface area contributed by atoms with Crippen LogP contribution in [0.2, 0.25) is 0 Å². The van der Waals surface area contributed by atoms with Crippen molar-refractivity contribution < 1.29 is 28.5 Å². The molecule has 2 aliphatic rings. The third-order valence-electron chi connectivity index (χ3n) is 11.7. The van der Waals surface area contributed by atoms with Gasteiger partial charge >= 0.3 is 11.9 Å². The summed E-state index contributed by atoms with van der Waals surface area (Å²) in [5.41, 5.74) is 4.88. The summed E-state index contributed by atoms with van der Waals surface area (Å²) in [5.74, 6) is 2.31. The third-order valence-corrected chi connectivity index (χ3v) is 11.7. The first kappa shape index (κ1) is 42.0. The van der Waals surface area contributed by atoms with Gasteiger partial charge in [0.15, 0.2) is 0 Å². The Hall–Kier alpha value is -2.70. The number of hydrogen-bond acceptors (Lipinski definition) is 6. The van der Waals surface area contributed by atoms with Gasteiger partial charge in [-0.3, -0.25) is 9.59 Å². The summed E-state index contributed by atoms with van der Waals surface area (Å²) >= 11 is 0. The number of rotatable bonds is 23. The fraction of sp³-hybridized carbons (Fsp3) is 0.696. The Morgan fingerprint density at radius 1 is 0.538 bits per heavy atom. The quantitative estimate of drug-likeness (QED) is 0.0841. The largest absolute Gasteiger partial charge is 0.466 e. The summed E-state index contributed by atoms with van der Waals surface area (Å²) in [5, 5.41) is 0. The molecular formula is C46H70O6. The van der Waals surface area contributed by atoms with E-state index in [0.29, 0.717) is 25.0 Å². The first-order chi connectivity index (χ1) is 25.4. The lowest BCUT2D eigenvalue weighted by atomic mass is 9.77. The van der Waals surface area contributed by atoms with E-state index in [-0.39, 0.29) is 38.0 Å². The van der Waals surface area contributed by atoms with Crippen LogP contribution in [-0.2, 0) is 41.8 Å². The zero-order valence-electron chi connectivity index (χ0n) is 33.1. The van der Waals surface area contributed by atoms with Crippen molar-refractivity contribution in [1.29, 1.82) is 0 Å². The second-order valence-electron chi connectivity index (χ2n) is 15.6. The van der Waals surface area contributed by atoms with Gasteiger partial charge in [-0.05, 0) is 111 Å². The number of ether oxygens (including phenoxy) is 4. The Balaban J connectivity index is 1.35. The molecule has 2 fully saturated rings. The van der Waals surface area contributed by atoms with E-state index in [2.05, 4.69) is 62.4 Å². The van der Waals surface area contributed by atoms with Crippen molar-refractivity contribution in [3.63, 3.8) is 0 Å². The lowest BCUT2D eigenvalue weighted by Crippen LogP contribution is -2.36. The highest BCUT2D eigenvalue weighted by Gasteiger charge is 2.30. The molecule has 0 amide bonds. The van der Waals surface area contributed by atoms with E-state index in [9.17, 15) is 9.59 Å². The second-order valence-corrected chi connectivity index (χ2v) is 15.6. The molecule has 2 atom stereocenters. The highest BCUT2D eigenvalue weighted by atomic mass is 16.6. The second kappa shape index (κ2) is 23.9. The monoisotopic (exact) mass is 719 g/mol. The number of unbranched alkanes of at least 4 members (excludes halogenated alkanes) is 4. The summed E-state index contributed by atoms with van der Waals surface area (Å²) in [6, 6.07) is 17.6. The number of benzene rings is 2. The van der Waals surface area contributed by atoms with E-state index in [0.717, 1.165) is 23.0 Å². The van der Waals surface area contributed by atoms with E-state index in [1.54, 1.807) is 13.8 Å². The minimum absolute atomic E-state index is 0.00243. The summed E-state index contributed by atoms with van der Waals surface area (Å²) < 4.78 is 23.5. The smallest absolute Gasteiger partial charge is 0.308 e. The first-order valence-corrected chi connectivity index (χ1v) is 21.1. The normalized spacial score (nSPS) is 21.7. The van der Waals surface area contributed by atoms with Gasteiger partial charge in [0, 0.05) is 0 Å². The molecule has 0 N–H and O–H groups in total. The third kappa shape index (κ3) is 14.6. The zero-order valence-corrected chi connectivity index (χ0v) is 33.1. The van der Waals surface area contributed by atoms with Crippen LogP contribution in [0, 0.1) is 11.8 Å². The molecule has 0 unspecified atom stereocenters. The molecule has 52 heavy (non-hydrogen) atoms. The average Bonchev–Trinajstić information content (AvgIpc) is 3.16. The van der Waals surface area contributed by atoms with E-state index >= 15 is 0 Å². The number of esters is 2. The Kier molecular flexibility index (Phi) is 19.3. The highest BCUT2D eigenvalue weighted by Crippen LogP contribution is 2.39. The predicted molar refractivity (Wildman–Crippen MR) is 210 cm³/mol. The summed E-state index contributed by atoms with van der Waals surface area (Å²) in [4.78, 5) is 25.5. The Labute approximate surface area is 316 Å². The minimum Gasteiger partial charge on any atom is -0.466 e. The van der Waals surface area contributed by atoms with Gasteiger partial charge < -0.3 is 18.9 Å². The lowest BCUT2D eigenvalue weighted by Gasteiger charge is -2.29. The van der Waals surface area contributed by atoms with Gasteiger partial charge in [-0.25, -0.2) is 0 Å². The van der Waals surface area contributed by atoms with Crippen LogP contribution in [-0.4, -0.2) is 37.4 Å². The molecule has 0 aromatic heterocycles. The van der Waals surface area contributed by atoms with Crippen LogP contribution in [0.3, 0.4) is 0 Å². The van der Waals surface area contributed by atoms with Crippen molar-refractivity contribution in [2.45, 2.75) is 181 Å². The van der Waals surface area contributed by atoms with Crippen LogP contribution in [0.15, 0.2) is 48.5 Å². The molecule has 2 saturated carbocycles. The molecule has 0 radical (unpaired) electrons. The van der Waals surface area contributed by atoms with Crippen molar-refractivity contribution >= 4 is 11.9 Å². The molecule has 2 aromatic rings. The van der Waals surface area contributed by atoms with Gasteiger partial charge in [0.05, 0.1) is 51.5 Å². The summed E-state index contributed by atoms with van der Waals surface area (Å²) in [6.07, 6.45) is 19.9. The molecule has 0 aliphatic heterocycles. The predicted octanol–water partition coefficient (Wildman–Crippen LogP) is 11.8. The number of carbonyl (C=O) groups is 2. The van der Waals surface area contributed by atoms with Crippen LogP contribution < -0.4 is 0 Å². The minimum atomic E-state index is -0.669. The van der Waals surface area contributed by atoms with Crippen LogP contribution in [0.25, 0.3) is 0 Å². The van der Waals surface area contributed by atoms with Crippen molar-refractivity contribution in [3.05, 3.63) is 70.8 Å². The molecule has 0 spiro atoms. The fourth-order valence-electron chi connectivity index (χ4n) is 8.48. The van der Waals surface area contributed by atoms with Crippen LogP contribution in [0.5, 0.6) is 0 Å². The topological polar surface area (TPSA) is 71.1 Å². The van der Waals surface area contributed by atoms with E-state index in [1.165, 1.54) is 114 Å². The SMILES string of the molecule is CCCCCC1CCC(c2ccc(CO[C@H](CC(=O)OCC)[C@@H](CC(=O)OCC)OCc3ccc(C4CCC(CCCCC)CC4)cc3)cc2)CC1. The van der Waals surface area contributed by atoms with Crippen molar-refractivity contribution in [2.24, 2.45) is 11.8 Å². The lowest BCUT2D eigenvalue weighted by molar-refractivity contribution is -0.160. The van der Waals surface area contributed by atoms with Crippen LogP contribution in [0.4, 0.5) is 0 Å². The molecule has 290 valence electrons. The maximum absolute atomic E-state index is 12.8. The molecule has 6 heteroatoms. The molecule has 2 aliphatic carbocycles. The fourth-order valence-corrected chi connectivity index (χ4v) is 8.48. The standard InChI is InChI=1S/C46H70O6/c1-5-9-11-13-35-15-23-39(24-16-35)41-27-19-37(20-28-41)33-51-43(31-45(47)49-7-3)44(32-46(48)50-8-4)52-34-38-21-29-42(30-22-38)40-25-17-36(18-26-40)14-12-10-6-2/h19-22,27-30,35-36,39-40,43-44H,5-18,23-26,31-34H2,1-4H3/t35?,36?,39?,40?,43-,44-/m1/s1. The molecule has 2 aromatic carbocycles. The number of hydrogen-bond donors (Lipinski definition) is 0. The maximum Gasteiger partial charge on any atom is 0.308 e. The van der Waals surface area contributed by atoms with Gasteiger partial charge in [-0.2, -0.15) is 0 Å². The highest BCUT2D eigenvalue weighted by molar-refractivity contribution is 5.72. The summed E-state index contributed by atoms with van der Waals surface area (Å²) in [7, 11) is 0. The molecule has 0 heterocycles. The zero-order chi connectivity index (χ0) is 37.0. The molecular weight excluding hydrogens is 648 g/mol. The first-order valence-electron chi connectivity index (χ1n) is 21.1. The maximum atomic E-state index is 12.8. The Morgan fingerprint density at radius 2 is 0.904 bits per heavy atom. The molecule has 0 bridgehead atoms.